The van der Waals surface area contributed by atoms with Crippen LogP contribution < -0.4 is 10.6 Å². The molecule has 98 valence electrons. The van der Waals surface area contributed by atoms with Crippen LogP contribution in [-0.2, 0) is 4.79 Å². The second kappa shape index (κ2) is 4.54. The van der Waals surface area contributed by atoms with Gasteiger partial charge in [0.15, 0.2) is 5.13 Å². The summed E-state index contributed by atoms with van der Waals surface area (Å²) < 4.78 is 0. The fourth-order valence-corrected chi connectivity index (χ4v) is 3.86. The lowest BCUT2D eigenvalue weighted by atomic mass is 10.1. The number of nitrogens with two attached hydrogens (primary N) is 1. The molecule has 1 aliphatic rings. The number of carbonyl (C=O) groups is 1. The van der Waals surface area contributed by atoms with Crippen molar-refractivity contribution in [3.05, 3.63) is 23.1 Å². The van der Waals surface area contributed by atoms with Gasteiger partial charge in [0.25, 0.3) is 0 Å². The van der Waals surface area contributed by atoms with E-state index in [-0.39, 0.29) is 5.91 Å². The number of aromatic nitrogens is 1. The molecule has 19 heavy (non-hydrogen) atoms. The Morgan fingerprint density at radius 1 is 1.42 bits per heavy atom. The van der Waals surface area contributed by atoms with Gasteiger partial charge in [-0.1, -0.05) is 6.07 Å². The smallest absolute Gasteiger partial charge is 0.237 e. The molecule has 6 heteroatoms. The number of aryl methyl sites for hydroxylation is 1. The Morgan fingerprint density at radius 3 is 2.89 bits per heavy atom. The van der Waals surface area contributed by atoms with Crippen molar-refractivity contribution in [2.24, 2.45) is 0 Å². The largest absolute Gasteiger partial charge is 0.375 e. The molecule has 1 amide bonds. The van der Waals surface area contributed by atoms with Crippen LogP contribution in [0.3, 0.4) is 0 Å². The predicted molar refractivity (Wildman–Crippen MR) is 80.8 cm³/mol. The van der Waals surface area contributed by atoms with E-state index in [4.69, 9.17) is 5.73 Å². The van der Waals surface area contributed by atoms with Gasteiger partial charge >= 0.3 is 0 Å². The first-order valence-corrected chi connectivity index (χ1v) is 7.63. The minimum Gasteiger partial charge on any atom is -0.375 e. The van der Waals surface area contributed by atoms with E-state index in [0.29, 0.717) is 10.9 Å². The summed E-state index contributed by atoms with van der Waals surface area (Å²) in [5.74, 6) is 0.629. The molecular weight excluding hydrogens is 278 g/mol. The number of anilines is 2. The fourth-order valence-electron chi connectivity index (χ4n) is 2.11. The normalized spacial score (nSPS) is 14.6. The lowest BCUT2D eigenvalue weighted by molar-refractivity contribution is -0.116. The summed E-state index contributed by atoms with van der Waals surface area (Å²) in [7, 11) is 1.81. The highest BCUT2D eigenvalue weighted by atomic mass is 32.2. The highest BCUT2D eigenvalue weighted by Gasteiger charge is 2.22. The number of benzene rings is 1. The van der Waals surface area contributed by atoms with Gasteiger partial charge in [0, 0.05) is 22.4 Å². The van der Waals surface area contributed by atoms with Gasteiger partial charge < -0.3 is 10.6 Å². The molecular formula is C13H13N3OS2. The van der Waals surface area contributed by atoms with Gasteiger partial charge in [-0.2, -0.15) is 0 Å². The lowest BCUT2D eigenvalue weighted by Gasteiger charge is -2.25. The Labute approximate surface area is 119 Å². The van der Waals surface area contributed by atoms with Gasteiger partial charge in [0.2, 0.25) is 5.91 Å². The minimum atomic E-state index is 0.138. The highest BCUT2D eigenvalue weighted by Crippen LogP contribution is 2.38. The van der Waals surface area contributed by atoms with Gasteiger partial charge in [-0.3, -0.25) is 4.79 Å². The van der Waals surface area contributed by atoms with Crippen LogP contribution in [0, 0.1) is 6.92 Å². The zero-order valence-electron chi connectivity index (χ0n) is 10.6. The van der Waals surface area contributed by atoms with E-state index >= 15 is 0 Å². The van der Waals surface area contributed by atoms with Crippen LogP contribution >= 0.6 is 23.1 Å². The molecule has 1 aromatic carbocycles. The number of hydrogen-bond donors (Lipinski definition) is 1. The van der Waals surface area contributed by atoms with E-state index in [9.17, 15) is 4.79 Å². The van der Waals surface area contributed by atoms with Crippen molar-refractivity contribution >= 4 is 39.8 Å². The zero-order chi connectivity index (χ0) is 13.6. The van der Waals surface area contributed by atoms with Crippen LogP contribution in [0.2, 0.25) is 0 Å². The third-order valence-electron chi connectivity index (χ3n) is 3.13. The molecule has 3 rings (SSSR count). The van der Waals surface area contributed by atoms with Crippen LogP contribution in [-0.4, -0.2) is 23.7 Å². The summed E-state index contributed by atoms with van der Waals surface area (Å²) >= 11 is 3.07. The molecule has 0 bridgehead atoms. The molecule has 1 aliphatic heterocycles. The number of rotatable bonds is 1. The Bertz CT molecular complexity index is 666. The first kappa shape index (κ1) is 12.5. The van der Waals surface area contributed by atoms with E-state index in [1.165, 1.54) is 11.3 Å². The summed E-state index contributed by atoms with van der Waals surface area (Å²) in [6.45, 7) is 2.02. The molecule has 2 heterocycles. The first-order valence-electron chi connectivity index (χ1n) is 5.83. The molecule has 0 unspecified atom stereocenters. The Morgan fingerprint density at radius 2 is 2.21 bits per heavy atom. The topological polar surface area (TPSA) is 59.2 Å². The molecule has 0 aliphatic carbocycles. The van der Waals surface area contributed by atoms with Crippen molar-refractivity contribution in [1.29, 1.82) is 0 Å². The molecule has 0 atom stereocenters. The number of carbonyl (C=O) groups excluding carboxylic acids is 1. The third kappa shape index (κ3) is 2.11. The fraction of sp³-hybridized carbons (Fsp3) is 0.231. The van der Waals surface area contributed by atoms with Crippen LogP contribution in [0.15, 0.2) is 23.1 Å². The van der Waals surface area contributed by atoms with E-state index in [1.807, 2.05) is 26.1 Å². The van der Waals surface area contributed by atoms with Crippen molar-refractivity contribution in [2.45, 2.75) is 11.8 Å². The summed E-state index contributed by atoms with van der Waals surface area (Å²) in [5, 5.41) is 0.588. The quantitative estimate of drug-likeness (QED) is 0.877. The van der Waals surface area contributed by atoms with Crippen molar-refractivity contribution in [2.75, 3.05) is 23.4 Å². The molecule has 1 aromatic heterocycles. The summed E-state index contributed by atoms with van der Waals surface area (Å²) in [5.41, 5.74) is 8.70. The van der Waals surface area contributed by atoms with Crippen molar-refractivity contribution < 1.29 is 4.79 Å². The van der Waals surface area contributed by atoms with Crippen LogP contribution in [0.4, 0.5) is 10.8 Å². The second-order valence-electron chi connectivity index (χ2n) is 4.38. The predicted octanol–water partition coefficient (Wildman–Crippen LogP) is 2.77. The second-order valence-corrected chi connectivity index (χ2v) is 6.63. The summed E-state index contributed by atoms with van der Waals surface area (Å²) in [4.78, 5) is 20.0. The molecule has 4 nitrogen and oxygen atoms in total. The molecule has 2 aromatic rings. The minimum absolute atomic E-state index is 0.138. The molecule has 2 N–H and O–H groups in total. The van der Waals surface area contributed by atoms with Crippen molar-refractivity contribution in [3.8, 4) is 11.3 Å². The molecule has 0 fully saturated rings. The monoisotopic (exact) mass is 291 g/mol. The highest BCUT2D eigenvalue weighted by molar-refractivity contribution is 8.00. The average Bonchev–Trinajstić information content (AvgIpc) is 2.73. The van der Waals surface area contributed by atoms with Crippen molar-refractivity contribution in [3.63, 3.8) is 0 Å². The zero-order valence-corrected chi connectivity index (χ0v) is 12.3. The first-order chi connectivity index (χ1) is 9.06. The van der Waals surface area contributed by atoms with Gasteiger partial charge in [0.1, 0.15) is 0 Å². The summed E-state index contributed by atoms with van der Waals surface area (Å²) in [6.07, 6.45) is 0. The Kier molecular flexibility index (Phi) is 2.99. The third-order valence-corrected chi connectivity index (χ3v) is 4.96. The molecule has 0 radical (unpaired) electrons. The standard InChI is InChI=1S/C13H13N3OS2/c1-7-12(15-13(14)19-7)8-3-4-9-10(5-8)18-6-11(17)16(9)2/h3-5H,6H2,1-2H3,(H2,14,15). The van der Waals surface area contributed by atoms with E-state index in [0.717, 1.165) is 26.7 Å². The molecule has 0 spiro atoms. The molecule has 0 saturated carbocycles. The molecule has 0 saturated heterocycles. The van der Waals surface area contributed by atoms with E-state index in [2.05, 4.69) is 11.1 Å². The van der Waals surface area contributed by atoms with Crippen LogP contribution in [0.5, 0.6) is 0 Å². The van der Waals surface area contributed by atoms with Gasteiger partial charge in [-0.25, -0.2) is 4.98 Å². The lowest BCUT2D eigenvalue weighted by Crippen LogP contribution is -2.31. The number of thioether (sulfide) groups is 1. The maximum absolute atomic E-state index is 11.6. The average molecular weight is 291 g/mol. The van der Waals surface area contributed by atoms with Crippen LogP contribution in [0.25, 0.3) is 11.3 Å². The van der Waals surface area contributed by atoms with Crippen LogP contribution in [0.1, 0.15) is 4.88 Å². The van der Waals surface area contributed by atoms with E-state index < -0.39 is 0 Å². The van der Waals surface area contributed by atoms with Crippen molar-refractivity contribution in [1.82, 2.24) is 4.98 Å². The maximum Gasteiger partial charge on any atom is 0.237 e. The SMILES string of the molecule is Cc1sc(N)nc1-c1ccc2c(c1)SCC(=O)N2C. The summed E-state index contributed by atoms with van der Waals surface area (Å²) in [6, 6.07) is 6.06. The number of nitrogen functional groups attached to an aromatic ring is 1. The number of nitrogens with zero attached hydrogens (tertiary/aromatic N) is 2. The number of hydrogen-bond acceptors (Lipinski definition) is 5. The Hall–Kier alpha value is -1.53. The number of amides is 1. The van der Waals surface area contributed by atoms with Gasteiger partial charge in [0.05, 0.1) is 17.1 Å². The number of fused-ring (bicyclic) bond motifs is 1. The van der Waals surface area contributed by atoms with Gasteiger partial charge in [-0.15, -0.1) is 23.1 Å². The van der Waals surface area contributed by atoms with Gasteiger partial charge in [-0.05, 0) is 19.1 Å². The van der Waals surface area contributed by atoms with E-state index in [1.54, 1.807) is 16.7 Å². The number of thiazole rings is 1. The Balaban J connectivity index is 2.07. The maximum atomic E-state index is 11.6.